The van der Waals surface area contributed by atoms with Gasteiger partial charge in [-0.15, -0.1) is 0 Å². The molecule has 0 aliphatic heterocycles. The minimum atomic E-state index is -0.271. The van der Waals surface area contributed by atoms with Crippen molar-refractivity contribution in [3.8, 4) is 0 Å². The van der Waals surface area contributed by atoms with Crippen molar-refractivity contribution in [3.63, 3.8) is 0 Å². The number of hydrogen-bond donors (Lipinski definition) is 0. The van der Waals surface area contributed by atoms with Crippen LogP contribution in [0.5, 0.6) is 0 Å². The second-order valence-electron chi connectivity index (χ2n) is 4.87. The van der Waals surface area contributed by atoms with Crippen LogP contribution >= 0.6 is 0 Å². The predicted molar refractivity (Wildman–Crippen MR) is 54.7 cm³/mol. The first-order chi connectivity index (χ1) is 6.58. The van der Waals surface area contributed by atoms with E-state index in [1.165, 1.54) is 25.3 Å². The van der Waals surface area contributed by atoms with Gasteiger partial charge in [0.2, 0.25) is 0 Å². The standard InChI is InChI=1S/C12H18O2/c1-4-11(13)14-12(3)8(2)9-5-6-10(12)7-9/h4,8-10H,1,5-7H2,2-3H3. The Labute approximate surface area is 85.3 Å². The van der Waals surface area contributed by atoms with E-state index < -0.39 is 0 Å². The summed E-state index contributed by atoms with van der Waals surface area (Å²) < 4.78 is 5.54. The molecule has 0 aromatic rings. The van der Waals surface area contributed by atoms with Crippen LogP contribution in [0.3, 0.4) is 0 Å². The summed E-state index contributed by atoms with van der Waals surface area (Å²) >= 11 is 0. The third kappa shape index (κ3) is 1.20. The fraction of sp³-hybridized carbons (Fsp3) is 0.750. The van der Waals surface area contributed by atoms with Crippen LogP contribution in [-0.4, -0.2) is 11.6 Å². The molecular weight excluding hydrogens is 176 g/mol. The molecule has 2 nitrogen and oxygen atoms in total. The highest BCUT2D eigenvalue weighted by Crippen LogP contribution is 2.55. The van der Waals surface area contributed by atoms with E-state index in [0.717, 1.165) is 5.92 Å². The van der Waals surface area contributed by atoms with Crippen molar-refractivity contribution in [1.29, 1.82) is 0 Å². The zero-order valence-corrected chi connectivity index (χ0v) is 8.95. The van der Waals surface area contributed by atoms with E-state index in [-0.39, 0.29) is 11.6 Å². The average molecular weight is 194 g/mol. The smallest absolute Gasteiger partial charge is 0.330 e. The zero-order valence-electron chi connectivity index (χ0n) is 8.95. The van der Waals surface area contributed by atoms with E-state index in [1.807, 2.05) is 0 Å². The van der Waals surface area contributed by atoms with Crippen LogP contribution in [0.15, 0.2) is 12.7 Å². The third-order valence-electron chi connectivity index (χ3n) is 4.38. The Hall–Kier alpha value is -0.790. The van der Waals surface area contributed by atoms with Crippen LogP contribution in [-0.2, 0) is 9.53 Å². The highest BCUT2D eigenvalue weighted by molar-refractivity contribution is 5.81. The van der Waals surface area contributed by atoms with E-state index in [0.29, 0.717) is 11.8 Å². The van der Waals surface area contributed by atoms with Crippen LogP contribution in [0.1, 0.15) is 33.1 Å². The van der Waals surface area contributed by atoms with E-state index in [4.69, 9.17) is 4.74 Å². The van der Waals surface area contributed by atoms with Crippen LogP contribution in [0.2, 0.25) is 0 Å². The quantitative estimate of drug-likeness (QED) is 0.499. The average Bonchev–Trinajstić information content (AvgIpc) is 2.71. The number of esters is 1. The van der Waals surface area contributed by atoms with E-state index in [1.54, 1.807) is 0 Å². The van der Waals surface area contributed by atoms with E-state index >= 15 is 0 Å². The highest BCUT2D eigenvalue weighted by atomic mass is 16.6. The normalized spacial score (nSPS) is 45.1. The van der Waals surface area contributed by atoms with Gasteiger partial charge in [0.05, 0.1) is 0 Å². The number of fused-ring (bicyclic) bond motifs is 2. The Bertz CT molecular complexity index is 267. The molecule has 2 heteroatoms. The molecular formula is C12H18O2. The van der Waals surface area contributed by atoms with Crippen LogP contribution in [0, 0.1) is 17.8 Å². The second kappa shape index (κ2) is 3.11. The molecule has 0 aromatic carbocycles. The van der Waals surface area contributed by atoms with Gasteiger partial charge < -0.3 is 4.74 Å². The molecule has 0 saturated heterocycles. The summed E-state index contributed by atoms with van der Waals surface area (Å²) in [4.78, 5) is 11.3. The molecule has 0 spiro atoms. The van der Waals surface area contributed by atoms with Gasteiger partial charge in [-0.3, -0.25) is 0 Å². The number of hydrogen-bond acceptors (Lipinski definition) is 2. The van der Waals surface area contributed by atoms with Gasteiger partial charge in [-0.1, -0.05) is 13.5 Å². The zero-order chi connectivity index (χ0) is 10.3. The summed E-state index contributed by atoms with van der Waals surface area (Å²) in [5, 5.41) is 0. The number of carbonyl (C=O) groups excluding carboxylic acids is 1. The lowest BCUT2D eigenvalue weighted by Crippen LogP contribution is -2.43. The van der Waals surface area contributed by atoms with Crippen molar-refractivity contribution >= 4 is 5.97 Å². The molecule has 2 bridgehead atoms. The molecule has 0 N–H and O–H groups in total. The Balaban J connectivity index is 2.15. The number of rotatable bonds is 2. The van der Waals surface area contributed by atoms with Crippen LogP contribution < -0.4 is 0 Å². The summed E-state index contributed by atoms with van der Waals surface area (Å²) in [7, 11) is 0. The van der Waals surface area contributed by atoms with Crippen molar-refractivity contribution in [2.75, 3.05) is 0 Å². The Kier molecular flexibility index (Phi) is 2.17. The van der Waals surface area contributed by atoms with Gasteiger partial charge >= 0.3 is 5.97 Å². The van der Waals surface area contributed by atoms with Crippen molar-refractivity contribution in [1.82, 2.24) is 0 Å². The van der Waals surface area contributed by atoms with Gasteiger partial charge in [-0.2, -0.15) is 0 Å². The molecule has 0 heterocycles. The molecule has 2 aliphatic rings. The Morgan fingerprint density at radius 3 is 2.79 bits per heavy atom. The lowest BCUT2D eigenvalue weighted by atomic mass is 9.77. The monoisotopic (exact) mass is 194 g/mol. The topological polar surface area (TPSA) is 26.3 Å². The molecule has 2 fully saturated rings. The molecule has 2 rings (SSSR count). The molecule has 2 saturated carbocycles. The van der Waals surface area contributed by atoms with Crippen molar-refractivity contribution in [3.05, 3.63) is 12.7 Å². The molecule has 14 heavy (non-hydrogen) atoms. The summed E-state index contributed by atoms with van der Waals surface area (Å²) in [5.41, 5.74) is -0.228. The SMILES string of the molecule is C=CC(=O)OC1(C)C2CCC(C2)C1C. The molecule has 0 amide bonds. The Morgan fingerprint density at radius 1 is 1.57 bits per heavy atom. The van der Waals surface area contributed by atoms with E-state index in [9.17, 15) is 4.79 Å². The molecule has 0 aromatic heterocycles. The van der Waals surface area contributed by atoms with Crippen LogP contribution in [0.25, 0.3) is 0 Å². The first-order valence-electron chi connectivity index (χ1n) is 5.43. The van der Waals surface area contributed by atoms with Gasteiger partial charge in [0.1, 0.15) is 5.60 Å². The van der Waals surface area contributed by atoms with Gasteiger partial charge in [0.25, 0.3) is 0 Å². The first kappa shape index (κ1) is 9.75. The highest BCUT2D eigenvalue weighted by Gasteiger charge is 2.55. The predicted octanol–water partition coefficient (Wildman–Crippen LogP) is 2.54. The molecule has 4 atom stereocenters. The molecule has 4 unspecified atom stereocenters. The van der Waals surface area contributed by atoms with Gasteiger partial charge in [-0.05, 0) is 43.9 Å². The summed E-state index contributed by atoms with van der Waals surface area (Å²) in [6, 6.07) is 0. The minimum absolute atomic E-state index is 0.228. The fourth-order valence-electron chi connectivity index (χ4n) is 3.27. The van der Waals surface area contributed by atoms with Crippen molar-refractivity contribution in [2.45, 2.75) is 38.7 Å². The van der Waals surface area contributed by atoms with Gasteiger partial charge in [-0.25, -0.2) is 4.79 Å². The lowest BCUT2D eigenvalue weighted by Gasteiger charge is -2.38. The molecule has 2 aliphatic carbocycles. The van der Waals surface area contributed by atoms with Crippen LogP contribution in [0.4, 0.5) is 0 Å². The number of carbonyl (C=O) groups is 1. The minimum Gasteiger partial charge on any atom is -0.456 e. The summed E-state index contributed by atoms with van der Waals surface area (Å²) in [6.45, 7) is 7.74. The van der Waals surface area contributed by atoms with Gasteiger partial charge in [0.15, 0.2) is 0 Å². The first-order valence-corrected chi connectivity index (χ1v) is 5.43. The molecule has 78 valence electrons. The maximum absolute atomic E-state index is 11.3. The maximum Gasteiger partial charge on any atom is 0.330 e. The molecule has 0 radical (unpaired) electrons. The fourth-order valence-corrected chi connectivity index (χ4v) is 3.27. The Morgan fingerprint density at radius 2 is 2.29 bits per heavy atom. The van der Waals surface area contributed by atoms with Crippen molar-refractivity contribution in [2.24, 2.45) is 17.8 Å². The maximum atomic E-state index is 11.3. The van der Waals surface area contributed by atoms with Crippen molar-refractivity contribution < 1.29 is 9.53 Å². The largest absolute Gasteiger partial charge is 0.456 e. The van der Waals surface area contributed by atoms with Gasteiger partial charge in [0, 0.05) is 6.08 Å². The summed E-state index contributed by atoms with van der Waals surface area (Å²) in [5.74, 6) is 1.58. The summed E-state index contributed by atoms with van der Waals surface area (Å²) in [6.07, 6.45) is 5.04. The third-order valence-corrected chi connectivity index (χ3v) is 4.38. The lowest BCUT2D eigenvalue weighted by molar-refractivity contribution is -0.163. The second-order valence-corrected chi connectivity index (χ2v) is 4.87. The van der Waals surface area contributed by atoms with E-state index in [2.05, 4.69) is 20.4 Å². The number of ether oxygens (including phenoxy) is 1.